The molecule has 2 atom stereocenters. The van der Waals surface area contributed by atoms with Gasteiger partial charge in [0.05, 0.1) is 12.5 Å². The van der Waals surface area contributed by atoms with Crippen molar-refractivity contribution in [1.82, 2.24) is 4.90 Å². The van der Waals surface area contributed by atoms with E-state index < -0.39 is 0 Å². The number of ether oxygens (including phenoxy) is 1. The Balaban J connectivity index is 1.80. The van der Waals surface area contributed by atoms with Gasteiger partial charge in [-0.3, -0.25) is 9.69 Å². The molecule has 0 saturated carbocycles. The number of benzene rings is 2. The van der Waals surface area contributed by atoms with Crippen molar-refractivity contribution in [2.45, 2.75) is 38.6 Å². The standard InChI is InChI=1S/C19H21NO2/c1-15-18(12-19(21)22-15)20(13-16-8-4-2-5-9-16)14-17-10-6-3-7-11-17/h2-11,15,18H,12-14H2,1H3/t15-,18-/m0/s1. The Labute approximate surface area is 131 Å². The summed E-state index contributed by atoms with van der Waals surface area (Å²) in [5.74, 6) is -0.0939. The Hall–Kier alpha value is -2.13. The summed E-state index contributed by atoms with van der Waals surface area (Å²) in [7, 11) is 0. The summed E-state index contributed by atoms with van der Waals surface area (Å²) in [5.41, 5.74) is 2.51. The highest BCUT2D eigenvalue weighted by Gasteiger charge is 2.35. The second-order valence-corrected chi connectivity index (χ2v) is 5.84. The Morgan fingerprint density at radius 1 is 0.955 bits per heavy atom. The third kappa shape index (κ3) is 3.55. The number of hydrogen-bond acceptors (Lipinski definition) is 3. The molecule has 2 aromatic carbocycles. The fraction of sp³-hybridized carbons (Fsp3) is 0.316. The van der Waals surface area contributed by atoms with Gasteiger partial charge >= 0.3 is 5.97 Å². The van der Waals surface area contributed by atoms with Crippen LogP contribution < -0.4 is 0 Å². The molecular formula is C19H21NO2. The first-order valence-corrected chi connectivity index (χ1v) is 7.74. The van der Waals surface area contributed by atoms with Crippen LogP contribution in [0.4, 0.5) is 0 Å². The molecule has 22 heavy (non-hydrogen) atoms. The lowest BCUT2D eigenvalue weighted by atomic mass is 10.1. The van der Waals surface area contributed by atoms with Crippen LogP contribution in [0.15, 0.2) is 60.7 Å². The summed E-state index contributed by atoms with van der Waals surface area (Å²) in [6.07, 6.45) is 0.417. The maximum Gasteiger partial charge on any atom is 0.307 e. The van der Waals surface area contributed by atoms with Gasteiger partial charge in [0.25, 0.3) is 0 Å². The molecule has 0 spiro atoms. The molecule has 0 bridgehead atoms. The first-order chi connectivity index (χ1) is 10.7. The van der Waals surface area contributed by atoms with E-state index in [9.17, 15) is 4.79 Å². The molecule has 3 rings (SSSR count). The lowest BCUT2D eigenvalue weighted by molar-refractivity contribution is -0.140. The molecule has 1 heterocycles. The summed E-state index contributed by atoms with van der Waals surface area (Å²) in [6, 6.07) is 20.9. The molecule has 1 fully saturated rings. The van der Waals surface area contributed by atoms with Crippen LogP contribution in [0.1, 0.15) is 24.5 Å². The summed E-state index contributed by atoms with van der Waals surface area (Å²) in [6.45, 7) is 3.63. The molecule has 0 aliphatic carbocycles. The zero-order valence-electron chi connectivity index (χ0n) is 12.8. The summed E-state index contributed by atoms with van der Waals surface area (Å²) in [4.78, 5) is 14.0. The van der Waals surface area contributed by atoms with E-state index in [2.05, 4.69) is 53.4 Å². The molecule has 114 valence electrons. The van der Waals surface area contributed by atoms with Crippen molar-refractivity contribution in [3.8, 4) is 0 Å². The molecule has 1 aliphatic heterocycles. The van der Waals surface area contributed by atoms with Gasteiger partial charge in [-0.2, -0.15) is 0 Å². The first-order valence-electron chi connectivity index (χ1n) is 7.74. The van der Waals surface area contributed by atoms with Crippen molar-refractivity contribution in [1.29, 1.82) is 0 Å². The minimum absolute atomic E-state index is 0.0556. The number of hydrogen-bond donors (Lipinski definition) is 0. The minimum Gasteiger partial charge on any atom is -0.461 e. The molecular weight excluding hydrogens is 274 g/mol. The predicted molar refractivity (Wildman–Crippen MR) is 86.1 cm³/mol. The number of carbonyl (C=O) groups is 1. The van der Waals surface area contributed by atoms with Crippen LogP contribution in [0, 0.1) is 0 Å². The highest BCUT2D eigenvalue weighted by Crippen LogP contribution is 2.24. The van der Waals surface area contributed by atoms with Gasteiger partial charge in [0.15, 0.2) is 0 Å². The van der Waals surface area contributed by atoms with Gasteiger partial charge in [0.1, 0.15) is 6.10 Å². The van der Waals surface area contributed by atoms with E-state index in [1.54, 1.807) is 0 Å². The van der Waals surface area contributed by atoms with Gasteiger partial charge < -0.3 is 4.74 Å². The highest BCUT2D eigenvalue weighted by atomic mass is 16.6. The third-order valence-electron chi connectivity index (χ3n) is 4.16. The van der Waals surface area contributed by atoms with E-state index >= 15 is 0 Å². The minimum atomic E-state index is -0.0939. The maximum atomic E-state index is 11.6. The van der Waals surface area contributed by atoms with Crippen molar-refractivity contribution >= 4 is 5.97 Å². The van der Waals surface area contributed by atoms with E-state index in [1.165, 1.54) is 11.1 Å². The number of cyclic esters (lactones) is 1. The lowest BCUT2D eigenvalue weighted by Gasteiger charge is -2.30. The molecule has 0 unspecified atom stereocenters. The van der Waals surface area contributed by atoms with Crippen LogP contribution in [0.2, 0.25) is 0 Å². The lowest BCUT2D eigenvalue weighted by Crippen LogP contribution is -2.38. The predicted octanol–water partition coefficient (Wildman–Crippen LogP) is 3.39. The van der Waals surface area contributed by atoms with E-state index in [0.29, 0.717) is 6.42 Å². The Kier molecular flexibility index (Phi) is 4.54. The van der Waals surface area contributed by atoms with Crippen molar-refractivity contribution in [3.05, 3.63) is 71.8 Å². The normalized spacial score (nSPS) is 21.1. The average molecular weight is 295 g/mol. The smallest absolute Gasteiger partial charge is 0.307 e. The number of esters is 1. The van der Waals surface area contributed by atoms with Crippen LogP contribution in [-0.4, -0.2) is 23.0 Å². The average Bonchev–Trinajstić information content (AvgIpc) is 2.87. The zero-order valence-corrected chi connectivity index (χ0v) is 12.8. The molecule has 0 N–H and O–H groups in total. The number of nitrogens with zero attached hydrogens (tertiary/aromatic N) is 1. The molecule has 0 aromatic heterocycles. The van der Waals surface area contributed by atoms with Gasteiger partial charge in [0, 0.05) is 13.1 Å². The largest absolute Gasteiger partial charge is 0.461 e. The SMILES string of the molecule is C[C@@H]1OC(=O)C[C@@H]1N(Cc1ccccc1)Cc1ccccc1. The maximum absolute atomic E-state index is 11.6. The monoisotopic (exact) mass is 295 g/mol. The van der Waals surface area contributed by atoms with Crippen molar-refractivity contribution < 1.29 is 9.53 Å². The molecule has 1 aliphatic rings. The highest BCUT2D eigenvalue weighted by molar-refractivity contribution is 5.72. The van der Waals surface area contributed by atoms with Gasteiger partial charge in [-0.15, -0.1) is 0 Å². The first kappa shape index (κ1) is 14.8. The van der Waals surface area contributed by atoms with E-state index in [1.807, 2.05) is 19.1 Å². The molecule has 3 nitrogen and oxygen atoms in total. The second kappa shape index (κ2) is 6.75. The van der Waals surface area contributed by atoms with Crippen LogP contribution in [-0.2, 0) is 22.6 Å². The quantitative estimate of drug-likeness (QED) is 0.792. The van der Waals surface area contributed by atoms with E-state index in [-0.39, 0.29) is 18.1 Å². The fourth-order valence-corrected chi connectivity index (χ4v) is 3.02. The van der Waals surface area contributed by atoms with Crippen LogP contribution >= 0.6 is 0 Å². The Bertz CT molecular complexity index is 570. The Morgan fingerprint density at radius 3 is 1.86 bits per heavy atom. The molecule has 3 heteroatoms. The van der Waals surface area contributed by atoms with Crippen molar-refractivity contribution in [2.24, 2.45) is 0 Å². The van der Waals surface area contributed by atoms with Gasteiger partial charge in [0.2, 0.25) is 0 Å². The summed E-state index contributed by atoms with van der Waals surface area (Å²) < 4.78 is 5.35. The van der Waals surface area contributed by atoms with Gasteiger partial charge in [-0.25, -0.2) is 0 Å². The summed E-state index contributed by atoms with van der Waals surface area (Å²) in [5, 5.41) is 0. The number of rotatable bonds is 5. The summed E-state index contributed by atoms with van der Waals surface area (Å²) >= 11 is 0. The fourth-order valence-electron chi connectivity index (χ4n) is 3.02. The topological polar surface area (TPSA) is 29.5 Å². The molecule has 0 amide bonds. The van der Waals surface area contributed by atoms with Crippen molar-refractivity contribution in [3.63, 3.8) is 0 Å². The number of carbonyl (C=O) groups excluding carboxylic acids is 1. The van der Waals surface area contributed by atoms with Crippen LogP contribution in [0.5, 0.6) is 0 Å². The van der Waals surface area contributed by atoms with E-state index in [0.717, 1.165) is 13.1 Å². The second-order valence-electron chi connectivity index (χ2n) is 5.84. The molecule has 2 aromatic rings. The van der Waals surface area contributed by atoms with Crippen molar-refractivity contribution in [2.75, 3.05) is 0 Å². The Morgan fingerprint density at radius 2 is 1.45 bits per heavy atom. The van der Waals surface area contributed by atoms with Gasteiger partial charge in [-0.05, 0) is 18.1 Å². The third-order valence-corrected chi connectivity index (χ3v) is 4.16. The van der Waals surface area contributed by atoms with Gasteiger partial charge in [-0.1, -0.05) is 60.7 Å². The zero-order chi connectivity index (χ0) is 15.4. The van der Waals surface area contributed by atoms with Crippen LogP contribution in [0.3, 0.4) is 0 Å². The molecule has 0 radical (unpaired) electrons. The molecule has 1 saturated heterocycles. The van der Waals surface area contributed by atoms with Crippen LogP contribution in [0.25, 0.3) is 0 Å². The van der Waals surface area contributed by atoms with E-state index in [4.69, 9.17) is 4.74 Å².